The second-order valence-electron chi connectivity index (χ2n) is 5.71. The summed E-state index contributed by atoms with van der Waals surface area (Å²) in [7, 11) is 0. The minimum atomic E-state index is 0.0366. The van der Waals surface area contributed by atoms with Crippen molar-refractivity contribution in [2.75, 3.05) is 0 Å². The summed E-state index contributed by atoms with van der Waals surface area (Å²) in [6.45, 7) is 7.21. The van der Waals surface area contributed by atoms with Gasteiger partial charge in [0.25, 0.3) is 5.70 Å². The van der Waals surface area contributed by atoms with Crippen LogP contribution in [-0.4, -0.2) is 0 Å². The van der Waals surface area contributed by atoms with Gasteiger partial charge in [0.2, 0.25) is 0 Å². The topological polar surface area (TPSA) is 37.4 Å². The fourth-order valence-corrected chi connectivity index (χ4v) is 2.48. The van der Waals surface area contributed by atoms with Gasteiger partial charge in [-0.2, -0.15) is 0 Å². The van der Waals surface area contributed by atoms with Gasteiger partial charge in [-0.05, 0) is 41.0 Å². The van der Waals surface area contributed by atoms with E-state index in [1.807, 2.05) is 91.0 Å². The van der Waals surface area contributed by atoms with E-state index >= 15 is 0 Å². The zero-order valence-electron chi connectivity index (χ0n) is 14.5. The van der Waals surface area contributed by atoms with E-state index in [9.17, 15) is 5.26 Å². The molecule has 0 saturated heterocycles. The summed E-state index contributed by atoms with van der Waals surface area (Å²) in [6.07, 6.45) is 10.9. The lowest BCUT2D eigenvalue weighted by molar-refractivity contribution is 0.332. The van der Waals surface area contributed by atoms with Crippen molar-refractivity contribution in [2.24, 2.45) is 0 Å². The van der Waals surface area contributed by atoms with Crippen LogP contribution in [0.3, 0.4) is 0 Å². The number of nitrogens with zero attached hydrogens (tertiary/aromatic N) is 2. The SMILES string of the molecule is [C-]#[N+]C(C#N)=C1C=C(/C=C/c2ccccc2)OC(/C=C/c2ccccc2)=C1. The van der Waals surface area contributed by atoms with E-state index < -0.39 is 0 Å². The van der Waals surface area contributed by atoms with Crippen molar-refractivity contribution in [3.63, 3.8) is 0 Å². The third kappa shape index (κ3) is 4.95. The van der Waals surface area contributed by atoms with E-state index in [4.69, 9.17) is 11.3 Å². The predicted molar refractivity (Wildman–Crippen MR) is 107 cm³/mol. The molecule has 27 heavy (non-hydrogen) atoms. The highest BCUT2D eigenvalue weighted by Crippen LogP contribution is 2.25. The van der Waals surface area contributed by atoms with Gasteiger partial charge < -0.3 is 4.74 Å². The van der Waals surface area contributed by atoms with Gasteiger partial charge in [0.15, 0.2) is 0 Å². The van der Waals surface area contributed by atoms with Crippen LogP contribution in [-0.2, 0) is 4.74 Å². The maximum atomic E-state index is 9.21. The first-order valence-electron chi connectivity index (χ1n) is 8.38. The van der Waals surface area contributed by atoms with E-state index in [2.05, 4.69) is 4.85 Å². The van der Waals surface area contributed by atoms with Crippen LogP contribution in [0.25, 0.3) is 17.0 Å². The third-order valence-corrected chi connectivity index (χ3v) is 3.80. The molecule has 0 radical (unpaired) electrons. The first-order chi connectivity index (χ1) is 13.3. The van der Waals surface area contributed by atoms with Crippen molar-refractivity contribution in [2.45, 2.75) is 0 Å². The van der Waals surface area contributed by atoms with Crippen LogP contribution in [0.2, 0.25) is 0 Å². The molecule has 3 nitrogen and oxygen atoms in total. The summed E-state index contributed by atoms with van der Waals surface area (Å²) in [5, 5.41) is 9.21. The summed E-state index contributed by atoms with van der Waals surface area (Å²) >= 11 is 0. The van der Waals surface area contributed by atoms with Gasteiger partial charge in [0, 0.05) is 0 Å². The molecule has 0 fully saturated rings. The number of rotatable bonds is 4. The number of ether oxygens (including phenoxy) is 1. The van der Waals surface area contributed by atoms with Crippen LogP contribution in [0.15, 0.2) is 108 Å². The van der Waals surface area contributed by atoms with Crippen LogP contribution >= 0.6 is 0 Å². The molecular formula is C24H16N2O. The highest BCUT2D eigenvalue weighted by Gasteiger charge is 2.11. The van der Waals surface area contributed by atoms with E-state index in [0.29, 0.717) is 17.1 Å². The Balaban J connectivity index is 1.90. The summed E-state index contributed by atoms with van der Waals surface area (Å²) in [4.78, 5) is 3.31. The van der Waals surface area contributed by atoms with Gasteiger partial charge in [-0.15, -0.1) is 0 Å². The quantitative estimate of drug-likeness (QED) is 0.509. The smallest absolute Gasteiger partial charge is 0.269 e. The number of allylic oxidation sites excluding steroid dienone is 6. The molecule has 0 atom stereocenters. The normalized spacial score (nSPS) is 13.5. The molecule has 2 aromatic carbocycles. The minimum Gasteiger partial charge on any atom is -0.457 e. The van der Waals surface area contributed by atoms with Crippen molar-refractivity contribution < 1.29 is 4.74 Å². The Hall–Kier alpha value is -4.08. The Morgan fingerprint density at radius 2 is 1.30 bits per heavy atom. The molecule has 1 aliphatic heterocycles. The van der Waals surface area contributed by atoms with E-state index in [1.54, 1.807) is 12.2 Å². The summed E-state index contributed by atoms with van der Waals surface area (Å²) in [5.74, 6) is 1.14. The molecule has 0 unspecified atom stereocenters. The predicted octanol–water partition coefficient (Wildman–Crippen LogP) is 5.91. The van der Waals surface area contributed by atoms with Crippen LogP contribution < -0.4 is 0 Å². The maximum absolute atomic E-state index is 9.21. The molecule has 128 valence electrons. The molecule has 0 amide bonds. The summed E-state index contributed by atoms with van der Waals surface area (Å²) < 4.78 is 5.90. The average Bonchev–Trinajstić information content (AvgIpc) is 2.73. The van der Waals surface area contributed by atoms with Crippen molar-refractivity contribution in [1.82, 2.24) is 0 Å². The first kappa shape index (κ1) is 17.7. The molecule has 3 heteroatoms. The largest absolute Gasteiger partial charge is 0.457 e. The van der Waals surface area contributed by atoms with Gasteiger partial charge >= 0.3 is 0 Å². The number of nitriles is 1. The molecule has 0 bridgehead atoms. The van der Waals surface area contributed by atoms with Gasteiger partial charge in [-0.1, -0.05) is 72.8 Å². The Morgan fingerprint density at radius 3 is 1.70 bits per heavy atom. The molecule has 0 aromatic heterocycles. The van der Waals surface area contributed by atoms with E-state index in [0.717, 1.165) is 11.1 Å². The highest BCUT2D eigenvalue weighted by molar-refractivity contribution is 5.58. The van der Waals surface area contributed by atoms with Gasteiger partial charge in [-0.3, -0.25) is 0 Å². The van der Waals surface area contributed by atoms with Gasteiger partial charge in [0.05, 0.1) is 12.6 Å². The molecule has 2 aromatic rings. The molecule has 3 rings (SSSR count). The van der Waals surface area contributed by atoms with Crippen molar-refractivity contribution in [1.29, 1.82) is 5.26 Å². The molecular weight excluding hydrogens is 332 g/mol. The highest BCUT2D eigenvalue weighted by atomic mass is 16.5. The van der Waals surface area contributed by atoms with E-state index in [1.165, 1.54) is 0 Å². The molecule has 0 aliphatic carbocycles. The van der Waals surface area contributed by atoms with Crippen molar-refractivity contribution >= 4 is 12.2 Å². The number of benzene rings is 2. The summed E-state index contributed by atoms with van der Waals surface area (Å²) in [6, 6.07) is 21.7. The molecule has 0 N–H and O–H groups in total. The van der Waals surface area contributed by atoms with Crippen molar-refractivity contribution in [3.05, 3.63) is 130 Å². The van der Waals surface area contributed by atoms with Crippen molar-refractivity contribution in [3.8, 4) is 6.07 Å². The second-order valence-corrected chi connectivity index (χ2v) is 5.71. The molecule has 0 spiro atoms. The van der Waals surface area contributed by atoms with Crippen LogP contribution in [0.5, 0.6) is 0 Å². The van der Waals surface area contributed by atoms with E-state index in [-0.39, 0.29) is 5.70 Å². The fraction of sp³-hybridized carbons (Fsp3) is 0. The first-order valence-corrected chi connectivity index (χ1v) is 8.38. The zero-order valence-corrected chi connectivity index (χ0v) is 14.5. The maximum Gasteiger partial charge on any atom is 0.269 e. The van der Waals surface area contributed by atoms with Crippen LogP contribution in [0.4, 0.5) is 0 Å². The fourth-order valence-electron chi connectivity index (χ4n) is 2.48. The van der Waals surface area contributed by atoms with Gasteiger partial charge in [0.1, 0.15) is 11.5 Å². The Kier molecular flexibility index (Phi) is 5.81. The van der Waals surface area contributed by atoms with Gasteiger partial charge in [-0.25, -0.2) is 10.1 Å². The number of hydrogen-bond donors (Lipinski definition) is 0. The number of hydrogen-bond acceptors (Lipinski definition) is 2. The lowest BCUT2D eigenvalue weighted by Crippen LogP contribution is -1.98. The molecule has 0 saturated carbocycles. The Labute approximate surface area is 159 Å². The zero-order chi connectivity index (χ0) is 18.9. The third-order valence-electron chi connectivity index (χ3n) is 3.80. The standard InChI is InChI=1S/C24H16N2O/c1-26-24(18-25)21-16-22(14-12-19-8-4-2-5-9-19)27-23(17-21)15-13-20-10-6-3-7-11-20/h2-17H/b14-12+,15-13+. The van der Waals surface area contributed by atoms with Crippen LogP contribution in [0, 0.1) is 17.9 Å². The second kappa shape index (κ2) is 8.85. The molecule has 1 aliphatic rings. The summed E-state index contributed by atoms with van der Waals surface area (Å²) in [5.41, 5.74) is 2.65. The molecule has 1 heterocycles. The monoisotopic (exact) mass is 348 g/mol. The lowest BCUT2D eigenvalue weighted by atomic mass is 10.1. The Morgan fingerprint density at radius 1 is 0.815 bits per heavy atom. The van der Waals surface area contributed by atoms with Crippen LogP contribution in [0.1, 0.15) is 11.1 Å². The lowest BCUT2D eigenvalue weighted by Gasteiger charge is -2.14. The average molecular weight is 348 g/mol. The minimum absolute atomic E-state index is 0.0366. The Bertz CT molecular complexity index is 958.